The summed E-state index contributed by atoms with van der Waals surface area (Å²) < 4.78 is 1.56. The van der Waals surface area contributed by atoms with Crippen molar-refractivity contribution in [2.45, 2.75) is 26.6 Å². The van der Waals surface area contributed by atoms with E-state index < -0.39 is 0 Å². The molecule has 0 unspecified atom stereocenters. The van der Waals surface area contributed by atoms with Gasteiger partial charge < -0.3 is 16.2 Å². The number of aromatic nitrogens is 2. The van der Waals surface area contributed by atoms with E-state index in [0.717, 1.165) is 11.1 Å². The standard InChI is InChI=1S/C14H18N4O2/c1-2-18-13(12(15)8-17-18)14(20)16-7-10-4-3-5-11(6-10)9-19/h3-6,8,19H,2,7,9,15H2,1H3,(H,16,20). The molecule has 0 radical (unpaired) electrons. The van der Waals surface area contributed by atoms with Gasteiger partial charge in [-0.3, -0.25) is 9.48 Å². The molecule has 0 aliphatic carbocycles. The summed E-state index contributed by atoms with van der Waals surface area (Å²) >= 11 is 0. The van der Waals surface area contributed by atoms with E-state index in [1.54, 1.807) is 4.68 Å². The Morgan fingerprint density at radius 2 is 2.20 bits per heavy atom. The van der Waals surface area contributed by atoms with E-state index in [-0.39, 0.29) is 12.5 Å². The van der Waals surface area contributed by atoms with Crippen LogP contribution in [0.4, 0.5) is 5.69 Å². The first kappa shape index (κ1) is 14.1. The molecule has 0 atom stereocenters. The quantitative estimate of drug-likeness (QED) is 0.755. The van der Waals surface area contributed by atoms with Gasteiger partial charge in [0.05, 0.1) is 18.5 Å². The van der Waals surface area contributed by atoms with Gasteiger partial charge in [-0.15, -0.1) is 0 Å². The number of nitrogen functional groups attached to an aromatic ring is 1. The second-order valence-electron chi connectivity index (χ2n) is 4.43. The highest BCUT2D eigenvalue weighted by Crippen LogP contribution is 2.11. The summed E-state index contributed by atoms with van der Waals surface area (Å²) in [4.78, 5) is 12.1. The summed E-state index contributed by atoms with van der Waals surface area (Å²) in [5, 5.41) is 15.9. The Kier molecular flexibility index (Phi) is 4.37. The second kappa shape index (κ2) is 6.21. The number of nitrogens with two attached hydrogens (primary N) is 1. The van der Waals surface area contributed by atoms with Crippen molar-refractivity contribution in [1.82, 2.24) is 15.1 Å². The minimum atomic E-state index is -0.253. The predicted molar refractivity (Wildman–Crippen MR) is 75.8 cm³/mol. The fourth-order valence-corrected chi connectivity index (χ4v) is 1.99. The Labute approximate surface area is 117 Å². The van der Waals surface area contributed by atoms with Gasteiger partial charge in [0.2, 0.25) is 0 Å². The zero-order valence-electron chi connectivity index (χ0n) is 11.3. The molecule has 6 heteroatoms. The average Bonchev–Trinajstić information content (AvgIpc) is 2.86. The smallest absolute Gasteiger partial charge is 0.271 e. The molecular weight excluding hydrogens is 256 g/mol. The lowest BCUT2D eigenvalue weighted by Gasteiger charge is -2.08. The number of rotatable bonds is 5. The number of nitrogens with zero attached hydrogens (tertiary/aromatic N) is 2. The molecule has 0 saturated heterocycles. The minimum absolute atomic E-state index is 0.0165. The van der Waals surface area contributed by atoms with Crippen molar-refractivity contribution < 1.29 is 9.90 Å². The molecule has 20 heavy (non-hydrogen) atoms. The Balaban J connectivity index is 2.06. The summed E-state index contributed by atoms with van der Waals surface area (Å²) in [6.07, 6.45) is 1.48. The van der Waals surface area contributed by atoms with E-state index in [9.17, 15) is 4.79 Å². The van der Waals surface area contributed by atoms with E-state index in [0.29, 0.717) is 24.5 Å². The van der Waals surface area contributed by atoms with E-state index >= 15 is 0 Å². The van der Waals surface area contributed by atoms with Crippen molar-refractivity contribution >= 4 is 11.6 Å². The Morgan fingerprint density at radius 1 is 1.45 bits per heavy atom. The summed E-state index contributed by atoms with van der Waals surface area (Å²) in [5.74, 6) is -0.253. The van der Waals surface area contributed by atoms with Crippen molar-refractivity contribution in [2.75, 3.05) is 5.73 Å². The number of nitrogens with one attached hydrogen (secondary N) is 1. The van der Waals surface area contributed by atoms with Crippen LogP contribution in [-0.2, 0) is 19.7 Å². The Morgan fingerprint density at radius 3 is 2.90 bits per heavy atom. The van der Waals surface area contributed by atoms with Crippen LogP contribution in [-0.4, -0.2) is 20.8 Å². The van der Waals surface area contributed by atoms with Crippen LogP contribution in [0.5, 0.6) is 0 Å². The maximum Gasteiger partial charge on any atom is 0.271 e. The number of hydrogen-bond donors (Lipinski definition) is 3. The maximum atomic E-state index is 12.1. The van der Waals surface area contributed by atoms with Crippen molar-refractivity contribution in [3.63, 3.8) is 0 Å². The first-order valence-corrected chi connectivity index (χ1v) is 6.43. The molecule has 0 fully saturated rings. The van der Waals surface area contributed by atoms with E-state index in [2.05, 4.69) is 10.4 Å². The molecule has 0 bridgehead atoms. The fraction of sp³-hybridized carbons (Fsp3) is 0.286. The van der Waals surface area contributed by atoms with E-state index in [1.165, 1.54) is 6.20 Å². The zero-order chi connectivity index (χ0) is 14.5. The van der Waals surface area contributed by atoms with Crippen LogP contribution in [0, 0.1) is 0 Å². The molecule has 0 spiro atoms. The van der Waals surface area contributed by atoms with Gasteiger partial charge in [0.25, 0.3) is 5.91 Å². The van der Waals surface area contributed by atoms with Gasteiger partial charge in [0, 0.05) is 13.1 Å². The van der Waals surface area contributed by atoms with Gasteiger partial charge in [0.15, 0.2) is 0 Å². The molecule has 0 aliphatic heterocycles. The third-order valence-corrected chi connectivity index (χ3v) is 3.01. The number of aryl methyl sites for hydroxylation is 1. The number of hydrogen-bond acceptors (Lipinski definition) is 4. The number of anilines is 1. The minimum Gasteiger partial charge on any atom is -0.396 e. The normalized spacial score (nSPS) is 10.5. The lowest BCUT2D eigenvalue weighted by molar-refractivity contribution is 0.0941. The lowest BCUT2D eigenvalue weighted by atomic mass is 10.1. The van der Waals surface area contributed by atoms with Gasteiger partial charge in [-0.25, -0.2) is 0 Å². The maximum absolute atomic E-state index is 12.1. The second-order valence-corrected chi connectivity index (χ2v) is 4.43. The van der Waals surface area contributed by atoms with Gasteiger partial charge in [0.1, 0.15) is 5.69 Å². The van der Waals surface area contributed by atoms with Gasteiger partial charge in [-0.2, -0.15) is 5.10 Å². The Bertz CT molecular complexity index is 607. The first-order chi connectivity index (χ1) is 9.65. The number of benzene rings is 1. The topological polar surface area (TPSA) is 93.2 Å². The van der Waals surface area contributed by atoms with Crippen LogP contribution in [0.2, 0.25) is 0 Å². The molecule has 6 nitrogen and oxygen atoms in total. The van der Waals surface area contributed by atoms with Crippen LogP contribution in [0.25, 0.3) is 0 Å². The molecule has 2 rings (SSSR count). The van der Waals surface area contributed by atoms with Gasteiger partial charge in [-0.1, -0.05) is 24.3 Å². The number of aliphatic hydroxyl groups excluding tert-OH is 1. The summed E-state index contributed by atoms with van der Waals surface area (Å²) in [6.45, 7) is 2.84. The highest BCUT2D eigenvalue weighted by Gasteiger charge is 2.15. The van der Waals surface area contributed by atoms with Crippen LogP contribution >= 0.6 is 0 Å². The largest absolute Gasteiger partial charge is 0.396 e. The number of carbonyl (C=O) groups is 1. The molecule has 1 amide bonds. The van der Waals surface area contributed by atoms with Crippen molar-refractivity contribution in [3.8, 4) is 0 Å². The highest BCUT2D eigenvalue weighted by molar-refractivity contribution is 5.97. The third kappa shape index (κ3) is 2.97. The van der Waals surface area contributed by atoms with Crippen LogP contribution in [0.15, 0.2) is 30.5 Å². The Hall–Kier alpha value is -2.34. The molecule has 2 aromatic rings. The molecule has 106 valence electrons. The molecule has 4 N–H and O–H groups in total. The van der Waals surface area contributed by atoms with Crippen LogP contribution in [0.1, 0.15) is 28.5 Å². The first-order valence-electron chi connectivity index (χ1n) is 6.43. The summed E-state index contributed by atoms with van der Waals surface area (Å²) in [6, 6.07) is 7.41. The summed E-state index contributed by atoms with van der Waals surface area (Å²) in [7, 11) is 0. The molecule has 1 aromatic carbocycles. The average molecular weight is 274 g/mol. The van der Waals surface area contributed by atoms with Crippen molar-refractivity contribution in [2.24, 2.45) is 0 Å². The zero-order valence-corrected chi connectivity index (χ0v) is 11.3. The molecule has 0 saturated carbocycles. The highest BCUT2D eigenvalue weighted by atomic mass is 16.3. The van der Waals surface area contributed by atoms with Crippen LogP contribution in [0.3, 0.4) is 0 Å². The number of aliphatic hydroxyl groups is 1. The lowest BCUT2D eigenvalue weighted by Crippen LogP contribution is -2.26. The summed E-state index contributed by atoms with van der Waals surface area (Å²) in [5.41, 5.74) is 8.24. The molecule has 1 heterocycles. The molecule has 1 aromatic heterocycles. The van der Waals surface area contributed by atoms with Crippen molar-refractivity contribution in [3.05, 3.63) is 47.3 Å². The van der Waals surface area contributed by atoms with E-state index in [1.807, 2.05) is 31.2 Å². The van der Waals surface area contributed by atoms with Crippen LogP contribution < -0.4 is 11.1 Å². The SMILES string of the molecule is CCn1ncc(N)c1C(=O)NCc1cccc(CO)c1. The third-order valence-electron chi connectivity index (χ3n) is 3.01. The fourth-order valence-electron chi connectivity index (χ4n) is 1.99. The molecular formula is C14H18N4O2. The van der Waals surface area contributed by atoms with Crippen molar-refractivity contribution in [1.29, 1.82) is 0 Å². The van der Waals surface area contributed by atoms with Gasteiger partial charge in [-0.05, 0) is 18.1 Å². The predicted octanol–water partition coefficient (Wildman–Crippen LogP) is 0.907. The monoisotopic (exact) mass is 274 g/mol. The van der Waals surface area contributed by atoms with Gasteiger partial charge >= 0.3 is 0 Å². The number of amides is 1. The molecule has 0 aliphatic rings. The van der Waals surface area contributed by atoms with E-state index in [4.69, 9.17) is 10.8 Å². The number of carbonyl (C=O) groups excluding carboxylic acids is 1.